The Morgan fingerprint density at radius 3 is 2.27 bits per heavy atom. The summed E-state index contributed by atoms with van der Waals surface area (Å²) in [5, 5.41) is 16.3. The van der Waals surface area contributed by atoms with Crippen molar-refractivity contribution in [2.24, 2.45) is 5.73 Å². The van der Waals surface area contributed by atoms with E-state index < -0.39 is 41.5 Å². The number of primary amides is 1. The van der Waals surface area contributed by atoms with E-state index in [4.69, 9.17) is 15.2 Å². The number of nitrogens with zero attached hydrogens (tertiary/aromatic N) is 1. The van der Waals surface area contributed by atoms with Crippen LogP contribution in [0.1, 0.15) is 64.1 Å². The molecule has 40 heavy (non-hydrogen) atoms. The smallest absolute Gasteiger partial charge is 0.408 e. The van der Waals surface area contributed by atoms with E-state index in [0.717, 1.165) is 0 Å². The number of phenolic OH excluding ortho intramolecular Hbond substituents is 1. The fourth-order valence-electron chi connectivity index (χ4n) is 4.04. The summed E-state index contributed by atoms with van der Waals surface area (Å²) < 4.78 is 10.5. The number of nitrogens with two attached hydrogens (primary N) is 1. The molecule has 2 aromatic rings. The molecule has 0 saturated carbocycles. The van der Waals surface area contributed by atoms with Crippen LogP contribution < -0.4 is 21.1 Å². The van der Waals surface area contributed by atoms with Crippen LogP contribution in [0, 0.1) is 6.92 Å². The van der Waals surface area contributed by atoms with E-state index in [1.165, 1.54) is 12.0 Å². The van der Waals surface area contributed by atoms with Crippen molar-refractivity contribution in [2.75, 3.05) is 19.0 Å². The Balaban J connectivity index is 2.55. The van der Waals surface area contributed by atoms with E-state index in [2.05, 4.69) is 10.6 Å². The van der Waals surface area contributed by atoms with Gasteiger partial charge in [0.05, 0.1) is 7.11 Å². The summed E-state index contributed by atoms with van der Waals surface area (Å²) in [6, 6.07) is 9.08. The third-order valence-corrected chi connectivity index (χ3v) is 5.90. The molecule has 0 fully saturated rings. The summed E-state index contributed by atoms with van der Waals surface area (Å²) >= 11 is 0. The molecular weight excluding hydrogens is 516 g/mol. The maximum atomic E-state index is 14.0. The maximum Gasteiger partial charge on any atom is 0.408 e. The fourth-order valence-corrected chi connectivity index (χ4v) is 4.04. The predicted octanol–water partition coefficient (Wildman–Crippen LogP) is 3.79. The van der Waals surface area contributed by atoms with Crippen molar-refractivity contribution in [3.63, 3.8) is 0 Å². The van der Waals surface area contributed by atoms with Crippen molar-refractivity contribution in [3.8, 4) is 11.5 Å². The van der Waals surface area contributed by atoms with Crippen molar-refractivity contribution >= 4 is 29.5 Å². The molecule has 0 aromatic heterocycles. The number of methoxy groups -OCH3 is 1. The zero-order valence-electron chi connectivity index (χ0n) is 23.9. The van der Waals surface area contributed by atoms with Gasteiger partial charge in [-0.2, -0.15) is 0 Å². The number of hydrogen-bond donors (Lipinski definition) is 4. The number of carbonyl (C=O) groups excluding carboxylic acids is 4. The van der Waals surface area contributed by atoms with Crippen LogP contribution in [0.25, 0.3) is 0 Å². The molecule has 2 rings (SSSR count). The first-order valence-electron chi connectivity index (χ1n) is 13.1. The lowest BCUT2D eigenvalue weighted by molar-refractivity contribution is -0.141. The van der Waals surface area contributed by atoms with Crippen LogP contribution >= 0.6 is 0 Å². The Kier molecular flexibility index (Phi) is 11.3. The average molecular weight is 557 g/mol. The summed E-state index contributed by atoms with van der Waals surface area (Å²) in [5.41, 5.74) is 5.67. The van der Waals surface area contributed by atoms with Gasteiger partial charge < -0.3 is 35.8 Å². The molecule has 0 saturated heterocycles. The lowest BCUT2D eigenvalue weighted by Crippen LogP contribution is -2.52. The summed E-state index contributed by atoms with van der Waals surface area (Å²) in [6.07, 6.45) is -0.700. The van der Waals surface area contributed by atoms with Gasteiger partial charge in [-0.3, -0.25) is 14.4 Å². The van der Waals surface area contributed by atoms with Gasteiger partial charge in [0.1, 0.15) is 29.2 Å². The monoisotopic (exact) mass is 556 g/mol. The summed E-state index contributed by atoms with van der Waals surface area (Å²) in [7, 11) is 1.53. The molecule has 0 aliphatic heterocycles. The SMILES string of the molecule is CCCN(C(=O)C(CCC(N)=O)NC(=O)OC(C)(C)C)C(C(=O)Nc1ccc(OC)cc1)c1cccc(C)c1O. The summed E-state index contributed by atoms with van der Waals surface area (Å²) in [4.78, 5) is 53.3. The number of nitrogens with one attached hydrogen (secondary N) is 2. The minimum Gasteiger partial charge on any atom is -0.507 e. The molecule has 2 unspecified atom stereocenters. The maximum absolute atomic E-state index is 14.0. The molecule has 2 atom stereocenters. The van der Waals surface area contributed by atoms with Crippen LogP contribution in [0.4, 0.5) is 10.5 Å². The van der Waals surface area contributed by atoms with Crippen molar-refractivity contribution in [2.45, 2.75) is 71.6 Å². The first kappa shape index (κ1) is 31.9. The number of carbonyl (C=O) groups is 4. The number of rotatable bonds is 12. The Bertz CT molecular complexity index is 1190. The van der Waals surface area contributed by atoms with Gasteiger partial charge >= 0.3 is 6.09 Å². The number of amides is 4. The normalized spacial score (nSPS) is 12.6. The van der Waals surface area contributed by atoms with Crippen LogP contribution in [0.2, 0.25) is 0 Å². The van der Waals surface area contributed by atoms with Gasteiger partial charge in [0.2, 0.25) is 11.8 Å². The van der Waals surface area contributed by atoms with Gasteiger partial charge in [-0.05, 0) is 70.4 Å². The Morgan fingerprint density at radius 2 is 1.73 bits per heavy atom. The Morgan fingerprint density at radius 1 is 1.07 bits per heavy atom. The number of ether oxygens (including phenoxy) is 2. The molecular formula is C29H40N4O7. The fraction of sp³-hybridized carbons (Fsp3) is 0.448. The number of hydrogen-bond acceptors (Lipinski definition) is 7. The van der Waals surface area contributed by atoms with E-state index in [1.54, 1.807) is 70.2 Å². The zero-order chi connectivity index (χ0) is 30.0. The highest BCUT2D eigenvalue weighted by molar-refractivity contribution is 5.99. The van der Waals surface area contributed by atoms with Gasteiger partial charge in [0.25, 0.3) is 5.91 Å². The molecule has 0 bridgehead atoms. The van der Waals surface area contributed by atoms with Crippen LogP contribution in [-0.2, 0) is 19.1 Å². The minimum atomic E-state index is -1.27. The van der Waals surface area contributed by atoms with Crippen LogP contribution in [0.3, 0.4) is 0 Å². The van der Waals surface area contributed by atoms with E-state index in [-0.39, 0.29) is 30.7 Å². The van der Waals surface area contributed by atoms with Gasteiger partial charge in [-0.25, -0.2) is 4.79 Å². The predicted molar refractivity (Wildman–Crippen MR) is 151 cm³/mol. The van der Waals surface area contributed by atoms with Gasteiger partial charge in [-0.15, -0.1) is 0 Å². The van der Waals surface area contributed by atoms with Crippen LogP contribution in [0.15, 0.2) is 42.5 Å². The highest BCUT2D eigenvalue weighted by Crippen LogP contribution is 2.33. The minimum absolute atomic E-state index is 0.107. The second-order valence-corrected chi connectivity index (χ2v) is 10.4. The molecule has 2 aromatic carbocycles. The highest BCUT2D eigenvalue weighted by atomic mass is 16.6. The van der Waals surface area contributed by atoms with Gasteiger partial charge in [0, 0.05) is 24.2 Å². The number of aryl methyl sites for hydroxylation is 1. The molecule has 11 nitrogen and oxygen atoms in total. The highest BCUT2D eigenvalue weighted by Gasteiger charge is 2.37. The number of benzene rings is 2. The largest absolute Gasteiger partial charge is 0.507 e. The quantitative estimate of drug-likeness (QED) is 0.309. The topological polar surface area (TPSA) is 160 Å². The molecule has 0 spiro atoms. The summed E-state index contributed by atoms with van der Waals surface area (Å²) in [6.45, 7) is 8.65. The molecule has 0 aliphatic carbocycles. The standard InChI is InChI=1S/C29H40N4O7/c1-7-17-33(27(37)22(15-16-23(30)34)32-28(38)40-29(3,4)5)24(21-10-8-9-18(2)25(21)35)26(36)31-19-11-13-20(39-6)14-12-19/h8-14,22,24,35H,7,15-17H2,1-6H3,(H2,30,34)(H,31,36)(H,32,38). The van der Waals surface area contributed by atoms with Crippen molar-refractivity contribution in [1.29, 1.82) is 0 Å². The Labute approximate surface area is 235 Å². The zero-order valence-corrected chi connectivity index (χ0v) is 23.9. The number of anilines is 1. The molecule has 4 amide bonds. The average Bonchev–Trinajstić information content (AvgIpc) is 2.87. The van der Waals surface area contributed by atoms with E-state index in [0.29, 0.717) is 23.4 Å². The molecule has 0 radical (unpaired) electrons. The third kappa shape index (κ3) is 9.18. The molecule has 11 heteroatoms. The first-order valence-corrected chi connectivity index (χ1v) is 13.1. The molecule has 218 valence electrons. The number of aromatic hydroxyl groups is 1. The summed E-state index contributed by atoms with van der Waals surface area (Å²) in [5.74, 6) is -1.42. The van der Waals surface area contributed by atoms with Gasteiger partial charge in [0.15, 0.2) is 0 Å². The second-order valence-electron chi connectivity index (χ2n) is 10.4. The van der Waals surface area contributed by atoms with E-state index in [9.17, 15) is 24.3 Å². The number of alkyl carbamates (subject to hydrolysis) is 1. The molecule has 0 heterocycles. The number of phenols is 1. The third-order valence-electron chi connectivity index (χ3n) is 5.90. The van der Waals surface area contributed by atoms with Crippen LogP contribution in [-0.4, -0.2) is 59.1 Å². The molecule has 0 aliphatic rings. The first-order chi connectivity index (χ1) is 18.8. The van der Waals surface area contributed by atoms with E-state index >= 15 is 0 Å². The second kappa shape index (κ2) is 14.2. The van der Waals surface area contributed by atoms with Gasteiger partial charge in [-0.1, -0.05) is 25.1 Å². The molecule has 5 N–H and O–H groups in total. The Hall–Kier alpha value is -4.28. The number of para-hydroxylation sites is 1. The lowest BCUT2D eigenvalue weighted by Gasteiger charge is -2.34. The van der Waals surface area contributed by atoms with E-state index in [1.807, 2.05) is 6.92 Å². The lowest BCUT2D eigenvalue weighted by atomic mass is 9.98. The van der Waals surface area contributed by atoms with Crippen LogP contribution in [0.5, 0.6) is 11.5 Å². The van der Waals surface area contributed by atoms with Crippen molar-refractivity contribution in [1.82, 2.24) is 10.2 Å². The van der Waals surface area contributed by atoms with Crippen molar-refractivity contribution < 1.29 is 33.8 Å². The van der Waals surface area contributed by atoms with Crippen molar-refractivity contribution in [3.05, 3.63) is 53.6 Å².